The second-order valence-corrected chi connectivity index (χ2v) is 7.66. The molecule has 8 heteroatoms. The molecular weight excluding hydrogens is 352 g/mol. The molecule has 0 N–H and O–H groups in total. The minimum atomic E-state index is -4.59. The minimum Gasteiger partial charge on any atom is -0.464 e. The first-order valence-electron chi connectivity index (χ1n) is 7.98. The third-order valence-electron chi connectivity index (χ3n) is 4.22. The normalized spacial score (nSPS) is 18.7. The van der Waals surface area contributed by atoms with Crippen LogP contribution in [0.3, 0.4) is 0 Å². The highest BCUT2D eigenvalue weighted by atomic mass is 32.2. The van der Waals surface area contributed by atoms with Crippen LogP contribution in [0.1, 0.15) is 24.5 Å². The predicted molar refractivity (Wildman–Crippen MR) is 88.6 cm³/mol. The number of morpholine rings is 1. The Balaban J connectivity index is 1.88. The number of sulfone groups is 1. The zero-order valence-corrected chi connectivity index (χ0v) is 14.5. The molecule has 1 aromatic heterocycles. The summed E-state index contributed by atoms with van der Waals surface area (Å²) in [4.78, 5) is 1.64. The molecule has 1 saturated heterocycles. The van der Waals surface area contributed by atoms with Gasteiger partial charge in [0.25, 0.3) is 0 Å². The van der Waals surface area contributed by atoms with Crippen molar-refractivity contribution in [1.29, 1.82) is 0 Å². The molecule has 1 fully saturated rings. The summed E-state index contributed by atoms with van der Waals surface area (Å²) in [6, 6.07) is 9.17. The zero-order chi connectivity index (χ0) is 18.0. The largest absolute Gasteiger partial charge is 0.464 e. The second-order valence-electron chi connectivity index (χ2n) is 5.74. The van der Waals surface area contributed by atoms with Gasteiger partial charge in [-0.25, -0.2) is 8.42 Å². The van der Waals surface area contributed by atoms with Crippen LogP contribution in [0.15, 0.2) is 45.7 Å². The number of benzene rings is 1. The lowest BCUT2D eigenvalue weighted by Gasteiger charge is -2.36. The number of furan rings is 1. The standard InChI is InChI=1S/C17H19F2NO4S/c1-2-13-5-8-16(24-13)15-11-23-10-9-20(15)12-3-6-14(7-4-12)25(21,22)17(18)19/h3-8,15,17H,2,9-11H2,1H3. The molecule has 0 spiro atoms. The van der Waals surface area contributed by atoms with Crippen molar-refractivity contribution in [1.82, 2.24) is 0 Å². The monoisotopic (exact) mass is 371 g/mol. The van der Waals surface area contributed by atoms with E-state index in [-0.39, 0.29) is 10.9 Å². The fraction of sp³-hybridized carbons (Fsp3) is 0.412. The van der Waals surface area contributed by atoms with Crippen molar-refractivity contribution in [2.45, 2.75) is 30.0 Å². The van der Waals surface area contributed by atoms with E-state index in [4.69, 9.17) is 9.15 Å². The van der Waals surface area contributed by atoms with Gasteiger partial charge in [-0.2, -0.15) is 8.78 Å². The van der Waals surface area contributed by atoms with Crippen LogP contribution in [0.25, 0.3) is 0 Å². The number of aryl methyl sites for hydroxylation is 1. The Morgan fingerprint density at radius 1 is 1.20 bits per heavy atom. The smallest absolute Gasteiger partial charge is 0.341 e. The Bertz CT molecular complexity index is 817. The number of halogens is 2. The van der Waals surface area contributed by atoms with Gasteiger partial charge in [-0.05, 0) is 36.4 Å². The van der Waals surface area contributed by atoms with Crippen LogP contribution in [0, 0.1) is 0 Å². The molecule has 5 nitrogen and oxygen atoms in total. The van der Waals surface area contributed by atoms with E-state index in [9.17, 15) is 17.2 Å². The van der Waals surface area contributed by atoms with Gasteiger partial charge in [0, 0.05) is 18.7 Å². The summed E-state index contributed by atoms with van der Waals surface area (Å²) in [6.45, 7) is 3.55. The molecule has 0 bridgehead atoms. The summed E-state index contributed by atoms with van der Waals surface area (Å²) in [5, 5.41) is 0. The maximum atomic E-state index is 12.6. The van der Waals surface area contributed by atoms with E-state index in [2.05, 4.69) is 0 Å². The van der Waals surface area contributed by atoms with Gasteiger partial charge in [-0.1, -0.05) is 6.92 Å². The fourth-order valence-electron chi connectivity index (χ4n) is 2.84. The summed E-state index contributed by atoms with van der Waals surface area (Å²) < 4.78 is 59.7. The molecule has 2 heterocycles. The summed E-state index contributed by atoms with van der Waals surface area (Å²) in [6.07, 6.45) is 0.785. The highest BCUT2D eigenvalue weighted by Crippen LogP contribution is 2.32. The lowest BCUT2D eigenvalue weighted by atomic mass is 10.1. The molecule has 2 aromatic rings. The van der Waals surface area contributed by atoms with E-state index in [1.54, 1.807) is 0 Å². The molecule has 1 aromatic carbocycles. The van der Waals surface area contributed by atoms with Crippen molar-refractivity contribution in [2.24, 2.45) is 0 Å². The van der Waals surface area contributed by atoms with Crippen molar-refractivity contribution >= 4 is 15.5 Å². The van der Waals surface area contributed by atoms with Crippen LogP contribution < -0.4 is 4.90 Å². The second kappa shape index (κ2) is 7.13. The first kappa shape index (κ1) is 17.9. The topological polar surface area (TPSA) is 59.8 Å². The quantitative estimate of drug-likeness (QED) is 0.806. The van der Waals surface area contributed by atoms with Crippen molar-refractivity contribution < 1.29 is 26.4 Å². The summed E-state index contributed by atoms with van der Waals surface area (Å²) >= 11 is 0. The van der Waals surface area contributed by atoms with Crippen LogP contribution in [-0.2, 0) is 21.0 Å². The van der Waals surface area contributed by atoms with Crippen LogP contribution in [-0.4, -0.2) is 33.9 Å². The molecule has 1 aliphatic heterocycles. The van der Waals surface area contributed by atoms with E-state index in [1.165, 1.54) is 24.3 Å². The number of alkyl halides is 2. The average molecular weight is 371 g/mol. The van der Waals surface area contributed by atoms with E-state index >= 15 is 0 Å². The number of rotatable bonds is 5. The number of anilines is 1. The predicted octanol–water partition coefficient (Wildman–Crippen LogP) is 3.42. The van der Waals surface area contributed by atoms with Gasteiger partial charge in [0.05, 0.1) is 18.1 Å². The van der Waals surface area contributed by atoms with Crippen LogP contribution >= 0.6 is 0 Å². The van der Waals surface area contributed by atoms with Crippen LogP contribution in [0.5, 0.6) is 0 Å². The molecule has 136 valence electrons. The van der Waals surface area contributed by atoms with Gasteiger partial charge in [-0.3, -0.25) is 0 Å². The molecule has 0 saturated carbocycles. The van der Waals surface area contributed by atoms with Crippen molar-refractivity contribution in [3.05, 3.63) is 47.9 Å². The zero-order valence-electron chi connectivity index (χ0n) is 13.7. The number of hydrogen-bond donors (Lipinski definition) is 0. The molecule has 1 atom stereocenters. The molecule has 0 aliphatic carbocycles. The first-order chi connectivity index (χ1) is 11.9. The van der Waals surface area contributed by atoms with E-state index in [1.807, 2.05) is 24.0 Å². The van der Waals surface area contributed by atoms with Crippen molar-refractivity contribution in [2.75, 3.05) is 24.7 Å². The Morgan fingerprint density at radius 2 is 1.92 bits per heavy atom. The van der Waals surface area contributed by atoms with E-state index in [0.29, 0.717) is 19.8 Å². The molecule has 25 heavy (non-hydrogen) atoms. The minimum absolute atomic E-state index is 0.147. The highest BCUT2D eigenvalue weighted by molar-refractivity contribution is 7.91. The lowest BCUT2D eigenvalue weighted by molar-refractivity contribution is 0.0873. The van der Waals surface area contributed by atoms with Gasteiger partial charge >= 0.3 is 5.76 Å². The third kappa shape index (κ3) is 3.55. The Labute approximate surface area is 145 Å². The molecular formula is C17H19F2NO4S. The van der Waals surface area contributed by atoms with Gasteiger partial charge in [-0.15, -0.1) is 0 Å². The van der Waals surface area contributed by atoms with Gasteiger partial charge in [0.15, 0.2) is 0 Å². The molecule has 3 rings (SSSR count). The maximum Gasteiger partial charge on any atom is 0.341 e. The van der Waals surface area contributed by atoms with E-state index < -0.39 is 15.6 Å². The first-order valence-corrected chi connectivity index (χ1v) is 9.53. The Kier molecular flexibility index (Phi) is 5.10. The summed E-state index contributed by atoms with van der Waals surface area (Å²) in [7, 11) is -4.59. The Morgan fingerprint density at radius 3 is 2.52 bits per heavy atom. The molecule has 0 amide bonds. The lowest BCUT2D eigenvalue weighted by Crippen LogP contribution is -2.39. The molecule has 1 unspecified atom stereocenters. The maximum absolute atomic E-state index is 12.6. The van der Waals surface area contributed by atoms with Crippen molar-refractivity contribution in [3.63, 3.8) is 0 Å². The molecule has 1 aliphatic rings. The van der Waals surface area contributed by atoms with Gasteiger partial charge in [0.1, 0.15) is 17.6 Å². The van der Waals surface area contributed by atoms with Crippen molar-refractivity contribution in [3.8, 4) is 0 Å². The van der Waals surface area contributed by atoms with Crippen LogP contribution in [0.2, 0.25) is 0 Å². The fourth-order valence-corrected chi connectivity index (χ4v) is 3.56. The molecule has 0 radical (unpaired) electrons. The number of hydrogen-bond acceptors (Lipinski definition) is 5. The highest BCUT2D eigenvalue weighted by Gasteiger charge is 2.29. The number of nitrogens with zero attached hydrogens (tertiary/aromatic N) is 1. The third-order valence-corrected chi connectivity index (χ3v) is 5.62. The van der Waals surface area contributed by atoms with E-state index in [0.717, 1.165) is 23.6 Å². The summed E-state index contributed by atoms with van der Waals surface area (Å²) in [5.41, 5.74) is 0.732. The van der Waals surface area contributed by atoms with Gasteiger partial charge < -0.3 is 14.1 Å². The van der Waals surface area contributed by atoms with Crippen LogP contribution in [0.4, 0.5) is 14.5 Å². The Hall–Kier alpha value is -1.93. The summed E-state index contributed by atoms with van der Waals surface area (Å²) in [5.74, 6) is -1.79. The average Bonchev–Trinajstić information content (AvgIpc) is 3.11. The van der Waals surface area contributed by atoms with Gasteiger partial charge in [0.2, 0.25) is 9.84 Å². The SMILES string of the molecule is CCc1ccc(C2COCCN2c2ccc(S(=O)(=O)C(F)F)cc2)o1. The number of ether oxygens (including phenoxy) is 1.